The van der Waals surface area contributed by atoms with E-state index < -0.39 is 11.7 Å². The third-order valence-electron chi connectivity index (χ3n) is 3.55. The molecule has 0 aliphatic carbocycles. The largest absolute Gasteiger partial charge is 0.380 e. The van der Waals surface area contributed by atoms with Crippen molar-refractivity contribution >= 4 is 35.0 Å². The lowest BCUT2D eigenvalue weighted by Gasteiger charge is -2.11. The molecule has 24 heavy (non-hydrogen) atoms. The lowest BCUT2D eigenvalue weighted by Crippen LogP contribution is -2.12. The SMILES string of the molecule is O=C(Nc1ccc(F)c(Cl)c1)c1ccc(F)c(SC2CCOC2)c1. The van der Waals surface area contributed by atoms with E-state index in [1.165, 1.54) is 48.2 Å². The Bertz CT molecular complexity index is 766. The number of carbonyl (C=O) groups excluding carboxylic acids is 1. The highest BCUT2D eigenvalue weighted by Gasteiger charge is 2.19. The van der Waals surface area contributed by atoms with Crippen LogP contribution in [-0.2, 0) is 4.74 Å². The van der Waals surface area contributed by atoms with Crippen LogP contribution in [0.2, 0.25) is 5.02 Å². The third kappa shape index (κ3) is 4.06. The Hall–Kier alpha value is -1.63. The van der Waals surface area contributed by atoms with Gasteiger partial charge < -0.3 is 10.1 Å². The van der Waals surface area contributed by atoms with E-state index in [-0.39, 0.29) is 16.1 Å². The summed E-state index contributed by atoms with van der Waals surface area (Å²) in [7, 11) is 0. The molecule has 2 aromatic rings. The summed E-state index contributed by atoms with van der Waals surface area (Å²) in [5.74, 6) is -1.34. The predicted molar refractivity (Wildman–Crippen MR) is 90.8 cm³/mol. The Morgan fingerprint density at radius 1 is 1.21 bits per heavy atom. The smallest absolute Gasteiger partial charge is 0.255 e. The van der Waals surface area contributed by atoms with E-state index in [1.807, 2.05) is 0 Å². The van der Waals surface area contributed by atoms with Crippen LogP contribution in [0.5, 0.6) is 0 Å². The summed E-state index contributed by atoms with van der Waals surface area (Å²) in [5.41, 5.74) is 0.687. The zero-order valence-corrected chi connectivity index (χ0v) is 14.1. The maximum absolute atomic E-state index is 14.0. The monoisotopic (exact) mass is 369 g/mol. The van der Waals surface area contributed by atoms with E-state index in [2.05, 4.69) is 5.32 Å². The van der Waals surface area contributed by atoms with E-state index in [0.29, 0.717) is 29.4 Å². The molecule has 0 spiro atoms. The average Bonchev–Trinajstić information content (AvgIpc) is 3.06. The second kappa shape index (κ2) is 7.51. The Balaban J connectivity index is 1.75. The number of thioether (sulfide) groups is 1. The predicted octanol–water partition coefficient (Wildman–Crippen LogP) is 4.75. The van der Waals surface area contributed by atoms with Gasteiger partial charge in [-0.3, -0.25) is 4.79 Å². The van der Waals surface area contributed by atoms with Gasteiger partial charge in [-0.05, 0) is 42.8 Å². The van der Waals surface area contributed by atoms with E-state index in [0.717, 1.165) is 6.42 Å². The Kier molecular flexibility index (Phi) is 5.38. The molecule has 1 aliphatic heterocycles. The van der Waals surface area contributed by atoms with Gasteiger partial charge in [0, 0.05) is 28.0 Å². The molecule has 126 valence electrons. The molecule has 0 bridgehead atoms. The van der Waals surface area contributed by atoms with Crippen LogP contribution in [0.15, 0.2) is 41.3 Å². The molecule has 7 heteroatoms. The van der Waals surface area contributed by atoms with Gasteiger partial charge in [-0.25, -0.2) is 8.78 Å². The minimum absolute atomic E-state index is 0.0793. The first-order valence-corrected chi connectivity index (χ1v) is 8.59. The zero-order chi connectivity index (χ0) is 17.1. The van der Waals surface area contributed by atoms with E-state index in [9.17, 15) is 13.6 Å². The quantitative estimate of drug-likeness (QED) is 0.845. The van der Waals surface area contributed by atoms with Gasteiger partial charge in [0.15, 0.2) is 0 Å². The van der Waals surface area contributed by atoms with Gasteiger partial charge >= 0.3 is 0 Å². The molecule has 0 radical (unpaired) electrons. The summed E-state index contributed by atoms with van der Waals surface area (Å²) < 4.78 is 32.4. The maximum atomic E-state index is 14.0. The van der Waals surface area contributed by atoms with Crippen molar-refractivity contribution in [3.05, 3.63) is 58.6 Å². The topological polar surface area (TPSA) is 38.3 Å². The van der Waals surface area contributed by atoms with Crippen LogP contribution in [0.3, 0.4) is 0 Å². The highest BCUT2D eigenvalue weighted by Crippen LogP contribution is 2.31. The molecular formula is C17H14ClF2NO2S. The van der Waals surface area contributed by atoms with Crippen molar-refractivity contribution in [2.45, 2.75) is 16.6 Å². The summed E-state index contributed by atoms with van der Waals surface area (Å²) >= 11 is 7.06. The first-order chi connectivity index (χ1) is 11.5. The molecule has 2 aromatic carbocycles. The Morgan fingerprint density at radius 3 is 2.71 bits per heavy atom. The lowest BCUT2D eigenvalue weighted by molar-refractivity contribution is 0.102. The number of benzene rings is 2. The minimum Gasteiger partial charge on any atom is -0.380 e. The highest BCUT2D eigenvalue weighted by molar-refractivity contribution is 8.00. The summed E-state index contributed by atoms with van der Waals surface area (Å²) in [4.78, 5) is 12.7. The lowest BCUT2D eigenvalue weighted by atomic mass is 10.2. The Labute approximate surface area is 147 Å². The molecule has 1 saturated heterocycles. The fraction of sp³-hybridized carbons (Fsp3) is 0.235. The van der Waals surface area contributed by atoms with Crippen LogP contribution >= 0.6 is 23.4 Å². The summed E-state index contributed by atoms with van der Waals surface area (Å²) in [6.07, 6.45) is 0.856. The normalized spacial score (nSPS) is 17.0. The molecule has 3 nitrogen and oxygen atoms in total. The molecule has 1 amide bonds. The molecule has 1 unspecified atom stereocenters. The van der Waals surface area contributed by atoms with Crippen molar-refractivity contribution < 1.29 is 18.3 Å². The zero-order valence-electron chi connectivity index (χ0n) is 12.5. The van der Waals surface area contributed by atoms with Crippen LogP contribution in [0.4, 0.5) is 14.5 Å². The van der Waals surface area contributed by atoms with Crippen molar-refractivity contribution in [2.75, 3.05) is 18.5 Å². The second-order valence-corrected chi connectivity index (χ2v) is 7.08. The molecule has 3 rings (SSSR count). The van der Waals surface area contributed by atoms with Crippen molar-refractivity contribution in [3.8, 4) is 0 Å². The fourth-order valence-corrected chi connectivity index (χ4v) is 3.59. The number of hydrogen-bond acceptors (Lipinski definition) is 3. The van der Waals surface area contributed by atoms with Crippen LogP contribution in [0.1, 0.15) is 16.8 Å². The first kappa shape index (κ1) is 17.2. The van der Waals surface area contributed by atoms with Gasteiger partial charge in [-0.15, -0.1) is 11.8 Å². The number of rotatable bonds is 4. The third-order valence-corrected chi connectivity index (χ3v) is 5.11. The number of hydrogen-bond donors (Lipinski definition) is 1. The van der Waals surface area contributed by atoms with Crippen molar-refractivity contribution in [1.29, 1.82) is 0 Å². The average molecular weight is 370 g/mol. The molecule has 1 N–H and O–H groups in total. The van der Waals surface area contributed by atoms with Gasteiger partial charge in [-0.1, -0.05) is 11.6 Å². The van der Waals surface area contributed by atoms with E-state index in [4.69, 9.17) is 16.3 Å². The van der Waals surface area contributed by atoms with E-state index in [1.54, 1.807) is 0 Å². The first-order valence-electron chi connectivity index (χ1n) is 7.33. The number of amides is 1. The number of halogens is 3. The van der Waals surface area contributed by atoms with Gasteiger partial charge in [0.05, 0.1) is 11.6 Å². The molecule has 1 aliphatic rings. The van der Waals surface area contributed by atoms with Gasteiger partial charge in [-0.2, -0.15) is 0 Å². The van der Waals surface area contributed by atoms with E-state index >= 15 is 0 Å². The fourth-order valence-electron chi connectivity index (χ4n) is 2.30. The van der Waals surface area contributed by atoms with Crippen LogP contribution in [-0.4, -0.2) is 24.4 Å². The minimum atomic E-state index is -0.561. The molecule has 1 fully saturated rings. The van der Waals surface area contributed by atoms with Crippen LogP contribution < -0.4 is 5.32 Å². The maximum Gasteiger partial charge on any atom is 0.255 e. The van der Waals surface area contributed by atoms with Gasteiger partial charge in [0.2, 0.25) is 0 Å². The number of nitrogens with one attached hydrogen (secondary N) is 1. The molecular weight excluding hydrogens is 356 g/mol. The molecule has 1 atom stereocenters. The highest BCUT2D eigenvalue weighted by atomic mass is 35.5. The van der Waals surface area contributed by atoms with Crippen LogP contribution in [0, 0.1) is 11.6 Å². The molecule has 0 aromatic heterocycles. The second-order valence-electron chi connectivity index (χ2n) is 5.33. The molecule has 1 heterocycles. The number of carbonyl (C=O) groups is 1. The van der Waals surface area contributed by atoms with Gasteiger partial charge in [0.1, 0.15) is 11.6 Å². The van der Waals surface area contributed by atoms with Crippen molar-refractivity contribution in [2.24, 2.45) is 0 Å². The summed E-state index contributed by atoms with van der Waals surface area (Å²) in [6.45, 7) is 1.25. The van der Waals surface area contributed by atoms with Crippen molar-refractivity contribution in [1.82, 2.24) is 0 Å². The molecule has 0 saturated carbocycles. The number of anilines is 1. The standard InChI is InChI=1S/C17H14ClF2NO2S/c18-13-8-11(2-4-14(13)19)21-17(22)10-1-3-15(20)16(7-10)24-12-5-6-23-9-12/h1-4,7-8,12H,5-6,9H2,(H,21,22). The number of ether oxygens (including phenoxy) is 1. The van der Waals surface area contributed by atoms with Crippen molar-refractivity contribution in [3.63, 3.8) is 0 Å². The van der Waals surface area contributed by atoms with Crippen LogP contribution in [0.25, 0.3) is 0 Å². The summed E-state index contributed by atoms with van der Waals surface area (Å²) in [6, 6.07) is 8.09. The summed E-state index contributed by atoms with van der Waals surface area (Å²) in [5, 5.41) is 2.73. The van der Waals surface area contributed by atoms with Gasteiger partial charge in [0.25, 0.3) is 5.91 Å². The Morgan fingerprint density at radius 2 is 2.00 bits per heavy atom.